The first-order valence-electron chi connectivity index (χ1n) is 6.39. The van der Waals surface area contributed by atoms with Crippen molar-refractivity contribution in [1.29, 1.82) is 0 Å². The first kappa shape index (κ1) is 14.9. The number of anilines is 1. The number of benzene rings is 2. The number of amides is 1. The number of rotatable bonds is 2. The average molecular weight is 381 g/mol. The third kappa shape index (κ3) is 2.58. The van der Waals surface area contributed by atoms with Crippen LogP contribution in [-0.2, 0) is 4.79 Å². The highest BCUT2D eigenvalue weighted by Gasteiger charge is 2.24. The second kappa shape index (κ2) is 5.66. The molecule has 0 aromatic heterocycles. The zero-order valence-corrected chi connectivity index (χ0v) is 13.8. The molecule has 4 nitrogen and oxygen atoms in total. The molecule has 1 aliphatic rings. The van der Waals surface area contributed by atoms with Gasteiger partial charge < -0.3 is 15.2 Å². The largest absolute Gasteiger partial charge is 0.504 e. The van der Waals surface area contributed by atoms with Gasteiger partial charge in [0.25, 0.3) is 5.91 Å². The molecule has 2 aromatic carbocycles. The molecular formula is C16H11BrClNO3. The minimum atomic E-state index is -0.230. The molecule has 6 heteroatoms. The van der Waals surface area contributed by atoms with Crippen LogP contribution >= 0.6 is 27.5 Å². The van der Waals surface area contributed by atoms with E-state index in [1.54, 1.807) is 12.1 Å². The van der Waals surface area contributed by atoms with Crippen LogP contribution in [0.4, 0.5) is 5.69 Å². The summed E-state index contributed by atoms with van der Waals surface area (Å²) in [6.45, 7) is 0. The highest BCUT2D eigenvalue weighted by molar-refractivity contribution is 9.10. The monoisotopic (exact) mass is 379 g/mol. The molecule has 0 fully saturated rings. The van der Waals surface area contributed by atoms with Gasteiger partial charge in [-0.1, -0.05) is 27.5 Å². The zero-order valence-electron chi connectivity index (χ0n) is 11.5. The summed E-state index contributed by atoms with van der Waals surface area (Å²) in [5.74, 6) is -0.0330. The van der Waals surface area contributed by atoms with Gasteiger partial charge >= 0.3 is 0 Å². The molecule has 0 saturated heterocycles. The second-order valence-electron chi connectivity index (χ2n) is 4.75. The summed E-state index contributed by atoms with van der Waals surface area (Å²) in [5, 5.41) is 13.4. The van der Waals surface area contributed by atoms with E-state index in [2.05, 4.69) is 21.2 Å². The number of carbonyl (C=O) groups excluding carboxylic acids is 1. The van der Waals surface area contributed by atoms with Gasteiger partial charge in [0.2, 0.25) is 0 Å². The number of aromatic hydroxyl groups is 1. The van der Waals surface area contributed by atoms with E-state index in [1.807, 2.05) is 18.2 Å². The molecule has 0 spiro atoms. The Morgan fingerprint density at radius 3 is 2.82 bits per heavy atom. The van der Waals surface area contributed by atoms with Gasteiger partial charge in [-0.2, -0.15) is 0 Å². The number of hydrogen-bond donors (Lipinski definition) is 2. The van der Waals surface area contributed by atoms with E-state index in [-0.39, 0.29) is 17.4 Å². The lowest BCUT2D eigenvalue weighted by molar-refractivity contribution is -0.110. The normalized spacial score (nSPS) is 14.9. The fourth-order valence-electron chi connectivity index (χ4n) is 2.32. The topological polar surface area (TPSA) is 58.6 Å². The Hall–Kier alpha value is -1.98. The number of methoxy groups -OCH3 is 1. The number of halogens is 2. The van der Waals surface area contributed by atoms with Gasteiger partial charge in [-0.25, -0.2) is 0 Å². The molecular weight excluding hydrogens is 370 g/mol. The highest BCUT2D eigenvalue weighted by Crippen LogP contribution is 2.39. The van der Waals surface area contributed by atoms with Crippen LogP contribution in [0.2, 0.25) is 5.02 Å². The number of phenolic OH excluding ortho intramolecular Hbond substituents is 1. The third-order valence-corrected chi connectivity index (χ3v) is 4.07. The molecule has 1 aliphatic heterocycles. The van der Waals surface area contributed by atoms with Gasteiger partial charge in [-0.3, -0.25) is 4.79 Å². The van der Waals surface area contributed by atoms with Crippen molar-refractivity contribution in [2.45, 2.75) is 0 Å². The van der Waals surface area contributed by atoms with Crippen molar-refractivity contribution in [2.24, 2.45) is 0 Å². The maximum absolute atomic E-state index is 12.2. The molecule has 22 heavy (non-hydrogen) atoms. The Morgan fingerprint density at radius 1 is 1.32 bits per heavy atom. The Balaban J connectivity index is 2.16. The lowest BCUT2D eigenvalue weighted by Crippen LogP contribution is -2.03. The van der Waals surface area contributed by atoms with Crippen LogP contribution in [0.5, 0.6) is 11.5 Å². The van der Waals surface area contributed by atoms with E-state index >= 15 is 0 Å². The fraction of sp³-hybridized carbons (Fsp3) is 0.0625. The molecule has 0 atom stereocenters. The van der Waals surface area contributed by atoms with Crippen LogP contribution < -0.4 is 10.1 Å². The second-order valence-corrected chi connectivity index (χ2v) is 6.10. The number of carbonyl (C=O) groups is 1. The van der Waals surface area contributed by atoms with Crippen molar-refractivity contribution >= 4 is 50.8 Å². The lowest BCUT2D eigenvalue weighted by Gasteiger charge is -2.08. The van der Waals surface area contributed by atoms with Crippen LogP contribution in [-0.4, -0.2) is 18.1 Å². The number of phenols is 1. The Morgan fingerprint density at radius 2 is 2.09 bits per heavy atom. The lowest BCUT2D eigenvalue weighted by atomic mass is 10.0. The van der Waals surface area contributed by atoms with E-state index in [9.17, 15) is 9.90 Å². The minimum absolute atomic E-state index is 0.0596. The fourth-order valence-corrected chi connectivity index (χ4v) is 2.90. The Kier molecular flexibility index (Phi) is 3.85. The predicted molar refractivity (Wildman–Crippen MR) is 90.3 cm³/mol. The van der Waals surface area contributed by atoms with Gasteiger partial charge in [0.15, 0.2) is 11.5 Å². The summed E-state index contributed by atoms with van der Waals surface area (Å²) in [6, 6.07) is 8.60. The van der Waals surface area contributed by atoms with Crippen molar-refractivity contribution in [2.75, 3.05) is 12.4 Å². The van der Waals surface area contributed by atoms with Crippen molar-refractivity contribution in [3.63, 3.8) is 0 Å². The van der Waals surface area contributed by atoms with Crippen LogP contribution in [0.25, 0.3) is 11.6 Å². The van der Waals surface area contributed by atoms with Crippen molar-refractivity contribution in [1.82, 2.24) is 0 Å². The summed E-state index contributed by atoms with van der Waals surface area (Å²) < 4.78 is 5.94. The highest BCUT2D eigenvalue weighted by atomic mass is 79.9. The summed E-state index contributed by atoms with van der Waals surface area (Å²) in [4.78, 5) is 12.2. The summed E-state index contributed by atoms with van der Waals surface area (Å²) >= 11 is 9.41. The molecule has 112 valence electrons. The molecule has 3 rings (SSSR count). The number of hydrogen-bond acceptors (Lipinski definition) is 3. The first-order chi connectivity index (χ1) is 10.5. The minimum Gasteiger partial charge on any atom is -0.504 e. The van der Waals surface area contributed by atoms with E-state index < -0.39 is 0 Å². The summed E-state index contributed by atoms with van der Waals surface area (Å²) in [5.41, 5.74) is 2.36. The first-order valence-corrected chi connectivity index (χ1v) is 7.56. The van der Waals surface area contributed by atoms with Crippen LogP contribution in [0.3, 0.4) is 0 Å². The maximum atomic E-state index is 12.2. The SMILES string of the molecule is COc1cc(Cl)cc(C=C2C(=O)Nc3ccc(Br)cc32)c1O. The molecule has 1 amide bonds. The number of fused-ring (bicyclic) bond motifs is 1. The smallest absolute Gasteiger partial charge is 0.256 e. The number of ether oxygens (including phenoxy) is 1. The van der Waals surface area contributed by atoms with Crippen LogP contribution in [0.15, 0.2) is 34.8 Å². The van der Waals surface area contributed by atoms with E-state index in [0.717, 1.165) is 15.7 Å². The van der Waals surface area contributed by atoms with Crippen molar-refractivity contribution < 1.29 is 14.6 Å². The zero-order chi connectivity index (χ0) is 15.9. The maximum Gasteiger partial charge on any atom is 0.256 e. The molecule has 0 saturated carbocycles. The molecule has 2 aromatic rings. The summed E-state index contributed by atoms with van der Waals surface area (Å²) in [7, 11) is 1.44. The molecule has 2 N–H and O–H groups in total. The van der Waals surface area contributed by atoms with Crippen LogP contribution in [0.1, 0.15) is 11.1 Å². The molecule has 1 heterocycles. The molecule has 0 aliphatic carbocycles. The Labute approximate surface area is 140 Å². The predicted octanol–water partition coefficient (Wildman–Crippen LogP) is 4.31. The molecule has 0 bridgehead atoms. The standard InChI is InChI=1S/C16H11BrClNO3/c1-22-14-7-10(18)4-8(15(14)20)5-12-11-6-9(17)2-3-13(11)19-16(12)21/h2-7,20H,1H3,(H,19,21). The van der Waals surface area contributed by atoms with E-state index in [4.69, 9.17) is 16.3 Å². The van der Waals surface area contributed by atoms with Crippen LogP contribution in [0, 0.1) is 0 Å². The molecule has 0 radical (unpaired) electrons. The van der Waals surface area contributed by atoms with Gasteiger partial charge in [-0.05, 0) is 30.3 Å². The van der Waals surface area contributed by atoms with Gasteiger partial charge in [0.05, 0.1) is 7.11 Å². The van der Waals surface area contributed by atoms with Crippen molar-refractivity contribution in [3.8, 4) is 11.5 Å². The summed E-state index contributed by atoms with van der Waals surface area (Å²) in [6.07, 6.45) is 1.59. The average Bonchev–Trinajstić information content (AvgIpc) is 2.78. The van der Waals surface area contributed by atoms with E-state index in [1.165, 1.54) is 13.2 Å². The number of nitrogens with one attached hydrogen (secondary N) is 1. The van der Waals surface area contributed by atoms with Gasteiger partial charge in [0, 0.05) is 37.9 Å². The van der Waals surface area contributed by atoms with Gasteiger partial charge in [-0.15, -0.1) is 0 Å². The third-order valence-electron chi connectivity index (χ3n) is 3.35. The van der Waals surface area contributed by atoms with E-state index in [0.29, 0.717) is 16.2 Å². The van der Waals surface area contributed by atoms with Crippen molar-refractivity contribution in [3.05, 3.63) is 51.0 Å². The molecule has 0 unspecified atom stereocenters. The quantitative estimate of drug-likeness (QED) is 0.763. The Bertz CT molecular complexity index is 817. The van der Waals surface area contributed by atoms with Gasteiger partial charge in [0.1, 0.15) is 0 Å².